The molecule has 0 fully saturated rings. The summed E-state index contributed by atoms with van der Waals surface area (Å²) < 4.78 is 15.9. The van der Waals surface area contributed by atoms with E-state index in [2.05, 4.69) is 4.98 Å². The molecule has 2 heterocycles. The van der Waals surface area contributed by atoms with Crippen molar-refractivity contribution in [3.63, 3.8) is 0 Å². The lowest BCUT2D eigenvalue weighted by molar-refractivity contribution is -0.140. The van der Waals surface area contributed by atoms with Crippen LogP contribution < -0.4 is 5.73 Å². The van der Waals surface area contributed by atoms with Gasteiger partial charge in [0.1, 0.15) is 17.9 Å². The van der Waals surface area contributed by atoms with Crippen molar-refractivity contribution in [2.45, 2.75) is 32.6 Å². The third-order valence-corrected chi connectivity index (χ3v) is 4.71. The van der Waals surface area contributed by atoms with Gasteiger partial charge in [-0.1, -0.05) is 19.9 Å². The molecule has 1 aromatic rings. The number of rotatable bonds is 5. The lowest BCUT2D eigenvalue weighted by Gasteiger charge is -2.37. The minimum absolute atomic E-state index is 0.0319. The van der Waals surface area contributed by atoms with Crippen LogP contribution in [0.5, 0.6) is 0 Å². The maximum Gasteiger partial charge on any atom is 0.340 e. The zero-order chi connectivity index (χ0) is 19.6. The quantitative estimate of drug-likeness (QED) is 0.624. The first kappa shape index (κ1) is 19.1. The number of hydrogen-bond donors (Lipinski definition) is 1. The van der Waals surface area contributed by atoms with Crippen LogP contribution >= 0.6 is 0 Å². The van der Waals surface area contributed by atoms with E-state index in [1.54, 1.807) is 18.5 Å². The molecule has 7 nitrogen and oxygen atoms in total. The molecule has 1 aliphatic carbocycles. The Morgan fingerprint density at radius 1 is 1.37 bits per heavy atom. The fourth-order valence-electron chi connectivity index (χ4n) is 3.56. The molecule has 0 saturated heterocycles. The lowest BCUT2D eigenvalue weighted by atomic mass is 9.70. The first-order valence-electron chi connectivity index (χ1n) is 8.84. The largest absolute Gasteiger partial charge is 0.460 e. The van der Waals surface area contributed by atoms with Gasteiger partial charge in [0.05, 0.1) is 12.5 Å². The Morgan fingerprint density at radius 2 is 2.15 bits per heavy atom. The van der Waals surface area contributed by atoms with Crippen molar-refractivity contribution >= 4 is 11.8 Å². The number of ether oxygens (including phenoxy) is 3. The molecule has 0 unspecified atom stereocenters. The molecular weight excluding hydrogens is 348 g/mol. The Morgan fingerprint density at radius 3 is 2.81 bits per heavy atom. The van der Waals surface area contributed by atoms with Gasteiger partial charge < -0.3 is 19.9 Å². The summed E-state index contributed by atoms with van der Waals surface area (Å²) in [5, 5.41) is 0. The van der Waals surface area contributed by atoms with E-state index in [1.807, 2.05) is 19.9 Å². The van der Waals surface area contributed by atoms with Crippen LogP contribution in [-0.4, -0.2) is 37.1 Å². The van der Waals surface area contributed by atoms with E-state index in [1.165, 1.54) is 7.11 Å². The number of carbonyl (C=O) groups is 2. The van der Waals surface area contributed by atoms with Crippen molar-refractivity contribution in [3.8, 4) is 0 Å². The van der Waals surface area contributed by atoms with E-state index >= 15 is 0 Å². The van der Waals surface area contributed by atoms with E-state index in [0.29, 0.717) is 29.7 Å². The van der Waals surface area contributed by atoms with E-state index in [0.717, 1.165) is 0 Å². The summed E-state index contributed by atoms with van der Waals surface area (Å²) in [6.45, 7) is 4.36. The Bertz CT molecular complexity index is 811. The van der Waals surface area contributed by atoms with Crippen LogP contribution in [0.3, 0.4) is 0 Å². The van der Waals surface area contributed by atoms with Crippen LogP contribution in [0, 0.1) is 5.41 Å². The molecule has 7 heteroatoms. The Hall–Kier alpha value is -2.67. The van der Waals surface area contributed by atoms with Gasteiger partial charge in [-0.05, 0) is 17.0 Å². The molecule has 2 N–H and O–H groups in total. The average Bonchev–Trinajstić information content (AvgIpc) is 2.60. The summed E-state index contributed by atoms with van der Waals surface area (Å²) in [5.41, 5.74) is 7.18. The van der Waals surface area contributed by atoms with Crippen molar-refractivity contribution in [2.24, 2.45) is 11.1 Å². The number of nitrogens with two attached hydrogens (primary N) is 1. The Balaban J connectivity index is 2.06. The molecule has 0 amide bonds. The van der Waals surface area contributed by atoms with E-state index in [4.69, 9.17) is 19.9 Å². The number of ketones is 1. The van der Waals surface area contributed by atoms with Gasteiger partial charge in [0.2, 0.25) is 5.88 Å². The van der Waals surface area contributed by atoms with E-state index < -0.39 is 11.9 Å². The standard InChI is InChI=1S/C20H24N2O5/c1-20(2)9-13(23)16-14(10-20)27-18(21)17(19(24)26-8-7-25-3)15(16)12-5-4-6-22-11-12/h4-6,11,15H,7-10,21H2,1-3H3/t15-/m1/s1. The fraction of sp³-hybridized carbons (Fsp3) is 0.450. The van der Waals surface area contributed by atoms with Crippen molar-refractivity contribution in [3.05, 3.63) is 52.9 Å². The maximum atomic E-state index is 13.0. The second-order valence-electron chi connectivity index (χ2n) is 7.51. The minimum Gasteiger partial charge on any atom is -0.460 e. The van der Waals surface area contributed by atoms with Crippen LogP contribution in [0.25, 0.3) is 0 Å². The SMILES string of the molecule is COCCOC(=O)C1=C(N)OC2=C(C(=O)CC(C)(C)C2)[C@H]1c1cccnc1. The average molecular weight is 372 g/mol. The van der Waals surface area contributed by atoms with Crippen molar-refractivity contribution in [1.82, 2.24) is 4.98 Å². The highest BCUT2D eigenvalue weighted by atomic mass is 16.6. The molecule has 2 aliphatic rings. The highest BCUT2D eigenvalue weighted by Gasteiger charge is 2.45. The molecule has 1 atom stereocenters. The number of carbonyl (C=O) groups excluding carboxylic acids is 2. The van der Waals surface area contributed by atoms with Gasteiger partial charge in [0.15, 0.2) is 5.78 Å². The molecule has 1 aromatic heterocycles. The second-order valence-corrected chi connectivity index (χ2v) is 7.51. The van der Waals surface area contributed by atoms with Crippen LogP contribution in [0.2, 0.25) is 0 Å². The van der Waals surface area contributed by atoms with Crippen molar-refractivity contribution < 1.29 is 23.8 Å². The molecule has 3 rings (SSSR count). The number of allylic oxidation sites excluding steroid dienone is 2. The molecule has 1 aliphatic heterocycles. The number of hydrogen-bond acceptors (Lipinski definition) is 7. The van der Waals surface area contributed by atoms with Crippen LogP contribution in [-0.2, 0) is 23.8 Å². The van der Waals surface area contributed by atoms with Gasteiger partial charge in [-0.15, -0.1) is 0 Å². The van der Waals surface area contributed by atoms with Crippen LogP contribution in [0.15, 0.2) is 47.3 Å². The third-order valence-electron chi connectivity index (χ3n) is 4.71. The van der Waals surface area contributed by atoms with E-state index in [9.17, 15) is 9.59 Å². The lowest BCUT2D eigenvalue weighted by Crippen LogP contribution is -2.35. The van der Waals surface area contributed by atoms with E-state index in [-0.39, 0.29) is 35.9 Å². The molecule has 144 valence electrons. The first-order valence-corrected chi connectivity index (χ1v) is 8.84. The normalized spacial score (nSPS) is 21.6. The van der Waals surface area contributed by atoms with Gasteiger partial charge >= 0.3 is 5.97 Å². The highest BCUT2D eigenvalue weighted by molar-refractivity contribution is 6.03. The summed E-state index contributed by atoms with van der Waals surface area (Å²) in [7, 11) is 1.52. The number of esters is 1. The highest BCUT2D eigenvalue weighted by Crippen LogP contribution is 2.48. The van der Waals surface area contributed by atoms with Crippen LogP contribution in [0.1, 0.15) is 38.2 Å². The number of aromatic nitrogens is 1. The number of nitrogens with zero attached hydrogens (tertiary/aromatic N) is 1. The smallest absolute Gasteiger partial charge is 0.340 e. The summed E-state index contributed by atoms with van der Waals surface area (Å²) in [6, 6.07) is 3.57. The molecule has 27 heavy (non-hydrogen) atoms. The van der Waals surface area contributed by atoms with Gasteiger partial charge in [-0.25, -0.2) is 4.79 Å². The molecule has 0 radical (unpaired) electrons. The summed E-state index contributed by atoms with van der Waals surface area (Å²) in [6.07, 6.45) is 4.20. The zero-order valence-electron chi connectivity index (χ0n) is 15.8. The van der Waals surface area contributed by atoms with Gasteiger partial charge in [-0.3, -0.25) is 9.78 Å². The third kappa shape index (κ3) is 3.88. The molecule has 0 bridgehead atoms. The molecule has 0 saturated carbocycles. The summed E-state index contributed by atoms with van der Waals surface area (Å²) >= 11 is 0. The van der Waals surface area contributed by atoms with Gasteiger partial charge in [-0.2, -0.15) is 0 Å². The van der Waals surface area contributed by atoms with Crippen molar-refractivity contribution in [1.29, 1.82) is 0 Å². The Kier molecular flexibility index (Phi) is 5.32. The molecule has 0 aromatic carbocycles. The fourth-order valence-corrected chi connectivity index (χ4v) is 3.56. The van der Waals surface area contributed by atoms with Gasteiger partial charge in [0.25, 0.3) is 0 Å². The summed E-state index contributed by atoms with van der Waals surface area (Å²) in [5.74, 6) is -0.833. The molecule has 0 spiro atoms. The predicted octanol–water partition coefficient (Wildman–Crippen LogP) is 2.20. The number of Topliss-reactive ketones (excluding diaryl/α,β-unsaturated/α-hetero) is 1. The zero-order valence-corrected chi connectivity index (χ0v) is 15.8. The number of methoxy groups -OCH3 is 1. The minimum atomic E-state index is -0.652. The second kappa shape index (κ2) is 7.52. The van der Waals surface area contributed by atoms with Crippen LogP contribution in [0.4, 0.5) is 0 Å². The van der Waals surface area contributed by atoms with Gasteiger partial charge in [0, 0.05) is 37.9 Å². The monoisotopic (exact) mass is 372 g/mol. The topological polar surface area (TPSA) is 101 Å². The predicted molar refractivity (Wildman–Crippen MR) is 97.2 cm³/mol. The summed E-state index contributed by atoms with van der Waals surface area (Å²) in [4.78, 5) is 29.8. The molecular formula is C20H24N2O5. The van der Waals surface area contributed by atoms with Crippen molar-refractivity contribution in [2.75, 3.05) is 20.3 Å². The maximum absolute atomic E-state index is 13.0. The number of pyridine rings is 1. The first-order chi connectivity index (χ1) is 12.8. The Labute approximate surface area is 158 Å².